The summed E-state index contributed by atoms with van der Waals surface area (Å²) < 4.78 is 0. The highest BCUT2D eigenvalue weighted by Crippen LogP contribution is 2.20. The first-order chi connectivity index (χ1) is 8.61. The molecule has 0 saturated heterocycles. The van der Waals surface area contributed by atoms with E-state index in [1.165, 1.54) is 11.3 Å². The van der Waals surface area contributed by atoms with Crippen LogP contribution in [0.25, 0.3) is 0 Å². The molecule has 1 aromatic heterocycles. The Kier molecular flexibility index (Phi) is 3.57. The molecule has 0 bridgehead atoms. The maximum atomic E-state index is 12.0. The molecule has 0 aliphatic rings. The molecule has 0 radical (unpaired) electrons. The van der Waals surface area contributed by atoms with E-state index < -0.39 is 0 Å². The fraction of sp³-hybridized carbons (Fsp3) is 0.250. The third-order valence-corrected chi connectivity index (χ3v) is 3.54. The molecule has 94 valence electrons. The van der Waals surface area contributed by atoms with E-state index in [1.807, 2.05) is 19.9 Å². The molecule has 0 aliphatic carbocycles. The molecule has 18 heavy (non-hydrogen) atoms. The van der Waals surface area contributed by atoms with Gasteiger partial charge in [0.15, 0.2) is 0 Å². The van der Waals surface area contributed by atoms with Crippen LogP contribution < -0.4 is 11.1 Å². The fourth-order valence-corrected chi connectivity index (χ4v) is 2.16. The molecule has 0 spiro atoms. The van der Waals surface area contributed by atoms with Crippen molar-refractivity contribution in [3.63, 3.8) is 0 Å². The highest BCUT2D eigenvalue weighted by molar-refractivity contribution is 7.15. The summed E-state index contributed by atoms with van der Waals surface area (Å²) in [5.74, 6) is -0.255. The summed E-state index contributed by atoms with van der Waals surface area (Å²) in [5.41, 5.74) is 7.72. The van der Waals surface area contributed by atoms with Gasteiger partial charge in [-0.3, -0.25) is 10.1 Å². The average molecular weight is 262 g/mol. The molecule has 0 unspecified atom stereocenters. The average Bonchev–Trinajstić information content (AvgIpc) is 2.80. The number of rotatable bonds is 3. The van der Waals surface area contributed by atoms with Gasteiger partial charge in [-0.2, -0.15) is 0 Å². The molecule has 6 heteroatoms. The second-order valence-corrected chi connectivity index (χ2v) is 4.91. The molecule has 3 N–H and O–H groups in total. The van der Waals surface area contributed by atoms with Crippen molar-refractivity contribution >= 4 is 28.1 Å². The van der Waals surface area contributed by atoms with E-state index in [1.54, 1.807) is 12.1 Å². The van der Waals surface area contributed by atoms with E-state index >= 15 is 0 Å². The summed E-state index contributed by atoms with van der Waals surface area (Å²) in [6.45, 7) is 3.86. The quantitative estimate of drug-likeness (QED) is 0.831. The van der Waals surface area contributed by atoms with Crippen molar-refractivity contribution < 1.29 is 4.79 Å². The van der Waals surface area contributed by atoms with Gasteiger partial charge in [-0.15, -0.1) is 10.2 Å². The lowest BCUT2D eigenvalue weighted by molar-refractivity contribution is 0.102. The maximum absolute atomic E-state index is 12.0. The first kappa shape index (κ1) is 12.5. The first-order valence-electron chi connectivity index (χ1n) is 5.60. The van der Waals surface area contributed by atoms with Crippen LogP contribution in [0.5, 0.6) is 0 Å². The van der Waals surface area contributed by atoms with Gasteiger partial charge in [0.05, 0.1) is 5.56 Å². The number of nitrogens with one attached hydrogen (secondary N) is 1. The summed E-state index contributed by atoms with van der Waals surface area (Å²) >= 11 is 1.37. The van der Waals surface area contributed by atoms with Crippen molar-refractivity contribution in [1.82, 2.24) is 10.2 Å². The second-order valence-electron chi connectivity index (χ2n) is 3.84. The minimum atomic E-state index is -0.255. The van der Waals surface area contributed by atoms with Crippen LogP contribution in [-0.4, -0.2) is 16.1 Å². The number of nitrogens with zero attached hydrogens (tertiary/aromatic N) is 2. The van der Waals surface area contributed by atoms with E-state index in [2.05, 4.69) is 15.5 Å². The normalized spacial score (nSPS) is 10.3. The summed E-state index contributed by atoms with van der Waals surface area (Å²) in [6.07, 6.45) is 0.806. The van der Waals surface area contributed by atoms with Gasteiger partial charge < -0.3 is 5.73 Å². The Bertz CT molecular complexity index is 579. The van der Waals surface area contributed by atoms with Gasteiger partial charge in [0.25, 0.3) is 5.91 Å². The molecule has 1 amide bonds. The van der Waals surface area contributed by atoms with Gasteiger partial charge in [0.2, 0.25) is 5.13 Å². The minimum absolute atomic E-state index is 0.255. The standard InChI is InChI=1S/C12H14N4OS/c1-3-9-15-16-12(18-9)14-11(17)8-6-4-5-7(2)10(8)13/h4-6H,3,13H2,1-2H3,(H,14,16,17). The minimum Gasteiger partial charge on any atom is -0.398 e. The number of benzene rings is 1. The van der Waals surface area contributed by atoms with Crippen molar-refractivity contribution in [2.24, 2.45) is 0 Å². The van der Waals surface area contributed by atoms with E-state index in [-0.39, 0.29) is 5.91 Å². The lowest BCUT2D eigenvalue weighted by Gasteiger charge is -2.06. The van der Waals surface area contributed by atoms with Crippen molar-refractivity contribution in [3.8, 4) is 0 Å². The zero-order chi connectivity index (χ0) is 13.1. The molecular formula is C12H14N4OS. The molecular weight excluding hydrogens is 248 g/mol. The number of aryl methyl sites for hydroxylation is 2. The lowest BCUT2D eigenvalue weighted by Crippen LogP contribution is -2.14. The van der Waals surface area contributed by atoms with Crippen LogP contribution in [0, 0.1) is 6.92 Å². The van der Waals surface area contributed by atoms with Crippen LogP contribution in [0.15, 0.2) is 18.2 Å². The molecule has 0 atom stereocenters. The van der Waals surface area contributed by atoms with Gasteiger partial charge in [0, 0.05) is 5.69 Å². The molecule has 0 fully saturated rings. The van der Waals surface area contributed by atoms with Gasteiger partial charge in [-0.25, -0.2) is 0 Å². The zero-order valence-electron chi connectivity index (χ0n) is 10.2. The number of carbonyl (C=O) groups is 1. The lowest BCUT2D eigenvalue weighted by atomic mass is 10.1. The van der Waals surface area contributed by atoms with Crippen LogP contribution in [-0.2, 0) is 6.42 Å². The maximum Gasteiger partial charge on any atom is 0.259 e. The topological polar surface area (TPSA) is 80.9 Å². The number of aromatic nitrogens is 2. The smallest absolute Gasteiger partial charge is 0.259 e. The molecule has 2 rings (SSSR count). The van der Waals surface area contributed by atoms with E-state index in [0.717, 1.165) is 17.0 Å². The van der Waals surface area contributed by atoms with Crippen LogP contribution in [0.3, 0.4) is 0 Å². The van der Waals surface area contributed by atoms with Crippen LogP contribution in [0.2, 0.25) is 0 Å². The number of nitrogen functional groups attached to an aromatic ring is 1. The zero-order valence-corrected chi connectivity index (χ0v) is 11.0. The van der Waals surface area contributed by atoms with E-state index in [9.17, 15) is 4.79 Å². The number of carbonyl (C=O) groups excluding carboxylic acids is 1. The molecule has 5 nitrogen and oxygen atoms in total. The monoisotopic (exact) mass is 262 g/mol. The van der Waals surface area contributed by atoms with E-state index in [4.69, 9.17) is 5.73 Å². The number of hydrogen-bond acceptors (Lipinski definition) is 5. The van der Waals surface area contributed by atoms with Gasteiger partial charge in [-0.05, 0) is 25.0 Å². The number of hydrogen-bond donors (Lipinski definition) is 2. The van der Waals surface area contributed by atoms with Gasteiger partial charge in [-0.1, -0.05) is 30.4 Å². The van der Waals surface area contributed by atoms with Crippen LogP contribution in [0.1, 0.15) is 27.9 Å². The third-order valence-electron chi connectivity index (χ3n) is 2.56. The van der Waals surface area contributed by atoms with Crippen LogP contribution in [0.4, 0.5) is 10.8 Å². The summed E-state index contributed by atoms with van der Waals surface area (Å²) in [6, 6.07) is 5.36. The third kappa shape index (κ3) is 2.48. The number of nitrogens with two attached hydrogens (primary N) is 1. The van der Waals surface area contributed by atoms with Gasteiger partial charge in [0.1, 0.15) is 5.01 Å². The Morgan fingerprint density at radius 3 is 2.89 bits per heavy atom. The first-order valence-corrected chi connectivity index (χ1v) is 6.42. The molecule has 1 aromatic carbocycles. The van der Waals surface area contributed by atoms with Gasteiger partial charge >= 0.3 is 0 Å². The highest BCUT2D eigenvalue weighted by atomic mass is 32.1. The Labute approximate surface area is 109 Å². The highest BCUT2D eigenvalue weighted by Gasteiger charge is 2.13. The second kappa shape index (κ2) is 5.14. The predicted octanol–water partition coefficient (Wildman–Crippen LogP) is 2.24. The number of anilines is 2. The largest absolute Gasteiger partial charge is 0.398 e. The SMILES string of the molecule is CCc1nnc(NC(=O)c2cccc(C)c2N)s1. The Hall–Kier alpha value is -1.95. The van der Waals surface area contributed by atoms with Crippen molar-refractivity contribution in [2.45, 2.75) is 20.3 Å². The number of para-hydroxylation sites is 1. The molecule has 0 saturated carbocycles. The summed E-state index contributed by atoms with van der Waals surface area (Å²) in [4.78, 5) is 12.0. The molecule has 1 heterocycles. The number of amides is 1. The molecule has 0 aliphatic heterocycles. The molecule has 2 aromatic rings. The summed E-state index contributed by atoms with van der Waals surface area (Å²) in [5, 5.41) is 11.9. The van der Waals surface area contributed by atoms with Crippen molar-refractivity contribution in [2.75, 3.05) is 11.1 Å². The summed E-state index contributed by atoms with van der Waals surface area (Å²) in [7, 11) is 0. The Morgan fingerprint density at radius 2 is 2.22 bits per heavy atom. The fourth-order valence-electron chi connectivity index (χ4n) is 1.49. The van der Waals surface area contributed by atoms with Crippen molar-refractivity contribution in [3.05, 3.63) is 34.3 Å². The Balaban J connectivity index is 2.19. The predicted molar refractivity (Wildman–Crippen MR) is 72.8 cm³/mol. The van der Waals surface area contributed by atoms with E-state index in [0.29, 0.717) is 16.4 Å². The Morgan fingerprint density at radius 1 is 1.44 bits per heavy atom. The van der Waals surface area contributed by atoms with Crippen LogP contribution >= 0.6 is 11.3 Å². The van der Waals surface area contributed by atoms with Crippen molar-refractivity contribution in [1.29, 1.82) is 0 Å².